The van der Waals surface area contributed by atoms with Crippen molar-refractivity contribution >= 4 is 6.16 Å². The molecular weight excluding hydrogens is 414 g/mol. The van der Waals surface area contributed by atoms with Gasteiger partial charge in [-0.05, 0) is 45.7 Å². The SMILES string of the molecule is [CH2]C(COCCC(CCCCC)CCCCCCCC)COC(=O)OCC1CCCN(C)C1. The Labute approximate surface area is 205 Å². The molecule has 0 bridgehead atoms. The fraction of sp³-hybridized carbons (Fsp3) is 0.929. The van der Waals surface area contributed by atoms with Crippen molar-refractivity contribution in [3.8, 4) is 0 Å². The lowest BCUT2D eigenvalue weighted by Crippen LogP contribution is -2.34. The van der Waals surface area contributed by atoms with Crippen molar-refractivity contribution in [3.63, 3.8) is 0 Å². The summed E-state index contributed by atoms with van der Waals surface area (Å²) in [6, 6.07) is 0. The molecular formula is C28H54NO4. The minimum atomic E-state index is -0.577. The summed E-state index contributed by atoms with van der Waals surface area (Å²) in [6.45, 7) is 12.7. The van der Waals surface area contributed by atoms with E-state index >= 15 is 0 Å². The Hall–Kier alpha value is -0.810. The Morgan fingerprint density at radius 1 is 0.939 bits per heavy atom. The van der Waals surface area contributed by atoms with Crippen molar-refractivity contribution < 1.29 is 19.0 Å². The van der Waals surface area contributed by atoms with E-state index in [-0.39, 0.29) is 12.5 Å². The van der Waals surface area contributed by atoms with Crippen LogP contribution in [0.5, 0.6) is 0 Å². The smallest absolute Gasteiger partial charge is 0.434 e. The standard InChI is InChI=1S/C28H54NO4/c1-5-7-9-10-11-13-16-26(15-12-8-6-2)18-20-31-22-25(3)23-32-28(30)33-24-27-17-14-19-29(4)21-27/h25-27H,3,5-24H2,1-2,4H3. The molecule has 1 fully saturated rings. The fourth-order valence-electron chi connectivity index (χ4n) is 4.70. The number of hydrogen-bond donors (Lipinski definition) is 0. The molecule has 5 nitrogen and oxygen atoms in total. The van der Waals surface area contributed by atoms with Gasteiger partial charge in [-0.15, -0.1) is 0 Å². The Balaban J connectivity index is 2.10. The number of likely N-dealkylation sites (tertiary alicyclic amines) is 1. The maximum absolute atomic E-state index is 11.9. The van der Waals surface area contributed by atoms with Crippen LogP contribution in [0.25, 0.3) is 0 Å². The van der Waals surface area contributed by atoms with Gasteiger partial charge in [0, 0.05) is 25.0 Å². The molecule has 3 unspecified atom stereocenters. The molecule has 0 aromatic carbocycles. The first kappa shape index (κ1) is 30.2. The minimum absolute atomic E-state index is 0.0597. The molecule has 5 heteroatoms. The molecule has 1 radical (unpaired) electrons. The van der Waals surface area contributed by atoms with Gasteiger partial charge in [-0.3, -0.25) is 0 Å². The van der Waals surface area contributed by atoms with Crippen molar-refractivity contribution in [3.05, 3.63) is 6.92 Å². The van der Waals surface area contributed by atoms with Crippen LogP contribution < -0.4 is 0 Å². The van der Waals surface area contributed by atoms with Crippen LogP contribution in [0.1, 0.15) is 104 Å². The van der Waals surface area contributed by atoms with E-state index in [1.807, 2.05) is 0 Å². The maximum atomic E-state index is 11.9. The van der Waals surface area contributed by atoms with Crippen molar-refractivity contribution in [2.24, 2.45) is 17.8 Å². The van der Waals surface area contributed by atoms with E-state index in [9.17, 15) is 4.79 Å². The number of ether oxygens (including phenoxy) is 3. The lowest BCUT2D eigenvalue weighted by Gasteiger charge is -2.29. The zero-order chi connectivity index (χ0) is 24.2. The number of piperidine rings is 1. The van der Waals surface area contributed by atoms with Crippen molar-refractivity contribution in [2.45, 2.75) is 104 Å². The van der Waals surface area contributed by atoms with E-state index in [2.05, 4.69) is 32.7 Å². The van der Waals surface area contributed by atoms with Gasteiger partial charge in [0.1, 0.15) is 0 Å². The van der Waals surface area contributed by atoms with Crippen molar-refractivity contribution in [1.29, 1.82) is 0 Å². The van der Waals surface area contributed by atoms with Gasteiger partial charge in [0.15, 0.2) is 0 Å². The number of rotatable bonds is 20. The summed E-state index contributed by atoms with van der Waals surface area (Å²) in [5.74, 6) is 1.13. The van der Waals surface area contributed by atoms with Crippen LogP contribution >= 0.6 is 0 Å². The predicted octanol–water partition coefficient (Wildman–Crippen LogP) is 7.29. The van der Waals surface area contributed by atoms with Crippen LogP contribution in [-0.4, -0.2) is 57.6 Å². The second-order valence-electron chi connectivity index (χ2n) is 10.3. The molecule has 0 aliphatic carbocycles. The first-order valence-electron chi connectivity index (χ1n) is 13.9. The van der Waals surface area contributed by atoms with Crippen molar-refractivity contribution in [1.82, 2.24) is 4.90 Å². The summed E-state index contributed by atoms with van der Waals surface area (Å²) in [5.41, 5.74) is 0. The van der Waals surface area contributed by atoms with Gasteiger partial charge in [-0.25, -0.2) is 4.79 Å². The molecule has 0 aromatic rings. The van der Waals surface area contributed by atoms with Crippen LogP contribution in [0, 0.1) is 24.7 Å². The third kappa shape index (κ3) is 17.3. The molecule has 0 saturated carbocycles. The zero-order valence-corrected chi connectivity index (χ0v) is 22.2. The monoisotopic (exact) mass is 468 g/mol. The van der Waals surface area contributed by atoms with Gasteiger partial charge in [0.25, 0.3) is 0 Å². The van der Waals surface area contributed by atoms with E-state index < -0.39 is 6.16 Å². The zero-order valence-electron chi connectivity index (χ0n) is 22.2. The van der Waals surface area contributed by atoms with E-state index in [0.29, 0.717) is 19.1 Å². The number of hydrogen-bond acceptors (Lipinski definition) is 5. The molecule has 1 saturated heterocycles. The molecule has 0 aromatic heterocycles. The first-order valence-corrected chi connectivity index (χ1v) is 13.9. The van der Waals surface area contributed by atoms with Crippen LogP contribution in [0.2, 0.25) is 0 Å². The van der Waals surface area contributed by atoms with Crippen LogP contribution in [0.4, 0.5) is 4.79 Å². The van der Waals surface area contributed by atoms with E-state index in [4.69, 9.17) is 14.2 Å². The quantitative estimate of drug-likeness (QED) is 0.139. The van der Waals surface area contributed by atoms with Gasteiger partial charge in [0.2, 0.25) is 0 Å². The lowest BCUT2D eigenvalue weighted by atomic mass is 9.92. The van der Waals surface area contributed by atoms with E-state index in [1.54, 1.807) is 0 Å². The van der Waals surface area contributed by atoms with Gasteiger partial charge < -0.3 is 19.1 Å². The molecule has 0 N–H and O–H groups in total. The van der Waals surface area contributed by atoms with Gasteiger partial charge in [0.05, 0.1) is 19.8 Å². The Morgan fingerprint density at radius 2 is 1.61 bits per heavy atom. The Kier molecular flexibility index (Phi) is 18.8. The summed E-state index contributed by atoms with van der Waals surface area (Å²) >= 11 is 0. The maximum Gasteiger partial charge on any atom is 0.508 e. The van der Waals surface area contributed by atoms with Gasteiger partial charge in [-0.2, -0.15) is 0 Å². The number of carbonyl (C=O) groups excluding carboxylic acids is 1. The summed E-state index contributed by atoms with van der Waals surface area (Å²) in [7, 11) is 2.11. The highest BCUT2D eigenvalue weighted by atomic mass is 16.7. The molecule has 1 rings (SSSR count). The minimum Gasteiger partial charge on any atom is -0.434 e. The molecule has 3 atom stereocenters. The van der Waals surface area contributed by atoms with E-state index in [1.165, 1.54) is 70.6 Å². The molecule has 195 valence electrons. The topological polar surface area (TPSA) is 48.0 Å². The number of unbranched alkanes of at least 4 members (excludes halogenated alkanes) is 7. The fourth-order valence-corrected chi connectivity index (χ4v) is 4.70. The average molecular weight is 469 g/mol. The highest BCUT2D eigenvalue weighted by Crippen LogP contribution is 2.22. The van der Waals surface area contributed by atoms with Crippen molar-refractivity contribution in [2.75, 3.05) is 46.6 Å². The highest BCUT2D eigenvalue weighted by molar-refractivity contribution is 5.59. The molecule has 0 spiro atoms. The predicted molar refractivity (Wildman–Crippen MR) is 137 cm³/mol. The Morgan fingerprint density at radius 3 is 2.33 bits per heavy atom. The first-order chi connectivity index (χ1) is 16.0. The van der Waals surface area contributed by atoms with Crippen LogP contribution in [0.3, 0.4) is 0 Å². The third-order valence-corrected chi connectivity index (χ3v) is 6.80. The van der Waals surface area contributed by atoms with Gasteiger partial charge >= 0.3 is 6.16 Å². The summed E-state index contributed by atoms with van der Waals surface area (Å²) in [5, 5.41) is 0. The van der Waals surface area contributed by atoms with Crippen LogP contribution in [0.15, 0.2) is 0 Å². The molecule has 1 aliphatic heterocycles. The third-order valence-electron chi connectivity index (χ3n) is 6.80. The highest BCUT2D eigenvalue weighted by Gasteiger charge is 2.19. The van der Waals surface area contributed by atoms with Crippen LogP contribution in [-0.2, 0) is 14.2 Å². The molecule has 33 heavy (non-hydrogen) atoms. The normalized spacial score (nSPS) is 18.7. The lowest BCUT2D eigenvalue weighted by molar-refractivity contribution is 0.0170. The van der Waals surface area contributed by atoms with Gasteiger partial charge in [-0.1, -0.05) is 84.5 Å². The second-order valence-corrected chi connectivity index (χ2v) is 10.3. The number of nitrogens with zero attached hydrogens (tertiary/aromatic N) is 1. The summed E-state index contributed by atoms with van der Waals surface area (Å²) in [6.07, 6.45) is 17.6. The summed E-state index contributed by atoms with van der Waals surface area (Å²) in [4.78, 5) is 14.2. The molecule has 1 heterocycles. The summed E-state index contributed by atoms with van der Waals surface area (Å²) < 4.78 is 16.4. The second kappa shape index (κ2) is 20.6. The molecule has 0 amide bonds. The molecule has 1 aliphatic rings. The number of carbonyl (C=O) groups is 1. The largest absolute Gasteiger partial charge is 0.508 e. The van der Waals surface area contributed by atoms with E-state index in [0.717, 1.165) is 44.9 Å². The Bertz CT molecular complexity index is 459. The average Bonchev–Trinajstić information content (AvgIpc) is 2.81.